The highest BCUT2D eigenvalue weighted by Gasteiger charge is 2.10. The zero-order valence-corrected chi connectivity index (χ0v) is 9.92. The Labute approximate surface area is 104 Å². The van der Waals surface area contributed by atoms with Gasteiger partial charge in [-0.05, 0) is 31.2 Å². The van der Waals surface area contributed by atoms with Crippen molar-refractivity contribution in [3.8, 4) is 17.2 Å². The minimum absolute atomic E-state index is 0.345. The summed E-state index contributed by atoms with van der Waals surface area (Å²) < 4.78 is 13.8. The molecule has 0 atom stereocenters. The zero-order chi connectivity index (χ0) is 12.4. The fourth-order valence-electron chi connectivity index (χ4n) is 1.69. The standard InChI is InChI=1S/C14H9ClFN/c1-9-2-3-10(8-17)13(6-9)12-5-4-11(15)7-14(12)16/h2-7H,1H3. The van der Waals surface area contributed by atoms with Gasteiger partial charge < -0.3 is 0 Å². The van der Waals surface area contributed by atoms with E-state index < -0.39 is 5.82 Å². The molecule has 0 aliphatic rings. The normalized spacial score (nSPS) is 10.0. The SMILES string of the molecule is Cc1ccc(C#N)c(-c2ccc(Cl)cc2F)c1. The largest absolute Gasteiger partial charge is 0.206 e. The first-order chi connectivity index (χ1) is 8.11. The van der Waals surface area contributed by atoms with Crippen molar-refractivity contribution in [3.63, 3.8) is 0 Å². The average Bonchev–Trinajstić information content (AvgIpc) is 2.29. The molecule has 1 nitrogen and oxygen atoms in total. The van der Waals surface area contributed by atoms with Gasteiger partial charge in [0, 0.05) is 16.1 Å². The van der Waals surface area contributed by atoms with E-state index in [1.165, 1.54) is 6.07 Å². The molecule has 0 aliphatic heterocycles. The van der Waals surface area contributed by atoms with Crippen molar-refractivity contribution in [1.82, 2.24) is 0 Å². The summed E-state index contributed by atoms with van der Waals surface area (Å²) in [5.41, 5.74) is 2.43. The molecule has 17 heavy (non-hydrogen) atoms. The van der Waals surface area contributed by atoms with Crippen LogP contribution in [0.15, 0.2) is 36.4 Å². The lowest BCUT2D eigenvalue weighted by Gasteiger charge is -2.07. The van der Waals surface area contributed by atoms with Crippen molar-refractivity contribution < 1.29 is 4.39 Å². The quantitative estimate of drug-likeness (QED) is 0.734. The molecule has 2 rings (SSSR count). The smallest absolute Gasteiger partial charge is 0.132 e. The Bertz CT molecular complexity index is 614. The van der Waals surface area contributed by atoms with E-state index in [9.17, 15) is 4.39 Å². The second-order valence-electron chi connectivity index (χ2n) is 3.79. The van der Waals surface area contributed by atoms with Crippen LogP contribution in [0.1, 0.15) is 11.1 Å². The third kappa shape index (κ3) is 2.30. The third-order valence-electron chi connectivity index (χ3n) is 2.52. The first kappa shape index (κ1) is 11.6. The molecule has 0 aromatic heterocycles. The Morgan fingerprint density at radius 2 is 1.88 bits per heavy atom. The van der Waals surface area contributed by atoms with Crippen LogP contribution < -0.4 is 0 Å². The van der Waals surface area contributed by atoms with Gasteiger partial charge in [0.15, 0.2) is 0 Å². The number of halogens is 2. The molecule has 2 aromatic carbocycles. The Balaban J connectivity index is 2.68. The minimum Gasteiger partial charge on any atom is -0.206 e. The maximum Gasteiger partial charge on any atom is 0.132 e. The highest BCUT2D eigenvalue weighted by atomic mass is 35.5. The number of hydrogen-bond acceptors (Lipinski definition) is 1. The maximum absolute atomic E-state index is 13.8. The molecule has 0 saturated carbocycles. The third-order valence-corrected chi connectivity index (χ3v) is 2.75. The van der Waals surface area contributed by atoms with Gasteiger partial charge in [-0.1, -0.05) is 29.3 Å². The van der Waals surface area contributed by atoms with Gasteiger partial charge in [-0.3, -0.25) is 0 Å². The lowest BCUT2D eigenvalue weighted by Crippen LogP contribution is -1.89. The summed E-state index contributed by atoms with van der Waals surface area (Å²) in [4.78, 5) is 0. The summed E-state index contributed by atoms with van der Waals surface area (Å²) in [6.07, 6.45) is 0. The predicted molar refractivity (Wildman–Crippen MR) is 66.3 cm³/mol. The Morgan fingerprint density at radius 3 is 2.53 bits per heavy atom. The van der Waals surface area contributed by atoms with Crippen LogP contribution in [-0.4, -0.2) is 0 Å². The van der Waals surface area contributed by atoms with Gasteiger partial charge >= 0.3 is 0 Å². The van der Waals surface area contributed by atoms with Crippen LogP contribution in [-0.2, 0) is 0 Å². The van der Waals surface area contributed by atoms with E-state index in [0.717, 1.165) is 5.56 Å². The number of nitrogens with zero attached hydrogens (tertiary/aromatic N) is 1. The van der Waals surface area contributed by atoms with Gasteiger partial charge in [0.2, 0.25) is 0 Å². The van der Waals surface area contributed by atoms with Crippen LogP contribution in [0, 0.1) is 24.1 Å². The van der Waals surface area contributed by atoms with Crippen LogP contribution >= 0.6 is 11.6 Å². The summed E-state index contributed by atoms with van der Waals surface area (Å²) in [5, 5.41) is 9.36. The molecular formula is C14H9ClFN. The van der Waals surface area contributed by atoms with Gasteiger partial charge in [-0.25, -0.2) is 4.39 Å². The van der Waals surface area contributed by atoms with Gasteiger partial charge in [0.25, 0.3) is 0 Å². The summed E-state index contributed by atoms with van der Waals surface area (Å²) in [5.74, 6) is -0.417. The second-order valence-corrected chi connectivity index (χ2v) is 4.22. The van der Waals surface area contributed by atoms with E-state index in [1.54, 1.807) is 24.3 Å². The molecule has 84 valence electrons. The van der Waals surface area contributed by atoms with Crippen LogP contribution in [0.2, 0.25) is 5.02 Å². The predicted octanol–water partition coefficient (Wildman–Crippen LogP) is 4.33. The lowest BCUT2D eigenvalue weighted by atomic mass is 9.98. The van der Waals surface area contributed by atoms with Crippen molar-refractivity contribution in [2.75, 3.05) is 0 Å². The van der Waals surface area contributed by atoms with Gasteiger partial charge in [-0.15, -0.1) is 0 Å². The van der Waals surface area contributed by atoms with Gasteiger partial charge in [-0.2, -0.15) is 5.26 Å². The highest BCUT2D eigenvalue weighted by Crippen LogP contribution is 2.28. The van der Waals surface area contributed by atoms with Crippen molar-refractivity contribution in [1.29, 1.82) is 5.26 Å². The molecule has 0 fully saturated rings. The van der Waals surface area contributed by atoms with E-state index in [-0.39, 0.29) is 0 Å². The molecular weight excluding hydrogens is 237 g/mol. The van der Waals surface area contributed by atoms with E-state index in [1.807, 2.05) is 13.0 Å². The van der Waals surface area contributed by atoms with Crippen LogP contribution in [0.25, 0.3) is 11.1 Å². The van der Waals surface area contributed by atoms with Crippen molar-refractivity contribution in [2.45, 2.75) is 6.92 Å². The summed E-state index contributed by atoms with van der Waals surface area (Å²) >= 11 is 5.70. The van der Waals surface area contributed by atoms with Gasteiger partial charge in [0.05, 0.1) is 11.6 Å². The molecule has 0 spiro atoms. The second kappa shape index (κ2) is 4.57. The van der Waals surface area contributed by atoms with Crippen LogP contribution in [0.5, 0.6) is 0 Å². The molecule has 2 aromatic rings. The fourth-order valence-corrected chi connectivity index (χ4v) is 1.85. The zero-order valence-electron chi connectivity index (χ0n) is 9.17. The number of aryl methyl sites for hydroxylation is 1. The molecule has 0 saturated heterocycles. The molecule has 0 unspecified atom stereocenters. The van der Waals surface area contributed by atoms with E-state index in [4.69, 9.17) is 16.9 Å². The molecule has 3 heteroatoms. The number of nitriles is 1. The Hall–Kier alpha value is -1.85. The molecule has 0 radical (unpaired) electrons. The Morgan fingerprint density at radius 1 is 1.12 bits per heavy atom. The summed E-state index contributed by atoms with van der Waals surface area (Å²) in [6.45, 7) is 1.90. The van der Waals surface area contributed by atoms with E-state index in [0.29, 0.717) is 21.7 Å². The maximum atomic E-state index is 13.8. The molecule has 0 bridgehead atoms. The van der Waals surface area contributed by atoms with Crippen LogP contribution in [0.4, 0.5) is 4.39 Å². The van der Waals surface area contributed by atoms with Gasteiger partial charge in [0.1, 0.15) is 5.82 Å². The molecule has 0 N–H and O–H groups in total. The summed E-state index contributed by atoms with van der Waals surface area (Å²) in [6, 6.07) is 11.8. The highest BCUT2D eigenvalue weighted by molar-refractivity contribution is 6.30. The minimum atomic E-state index is -0.417. The number of benzene rings is 2. The van der Waals surface area contributed by atoms with Crippen LogP contribution in [0.3, 0.4) is 0 Å². The summed E-state index contributed by atoms with van der Waals surface area (Å²) in [7, 11) is 0. The fraction of sp³-hybridized carbons (Fsp3) is 0.0714. The van der Waals surface area contributed by atoms with Crippen molar-refractivity contribution in [2.24, 2.45) is 0 Å². The average molecular weight is 246 g/mol. The first-order valence-corrected chi connectivity index (χ1v) is 5.46. The van der Waals surface area contributed by atoms with E-state index >= 15 is 0 Å². The first-order valence-electron chi connectivity index (χ1n) is 5.08. The van der Waals surface area contributed by atoms with Crippen molar-refractivity contribution in [3.05, 3.63) is 58.4 Å². The number of rotatable bonds is 1. The monoisotopic (exact) mass is 245 g/mol. The number of hydrogen-bond donors (Lipinski definition) is 0. The Kier molecular flexibility index (Phi) is 3.12. The molecule has 0 aliphatic carbocycles. The molecule has 0 heterocycles. The topological polar surface area (TPSA) is 23.8 Å². The van der Waals surface area contributed by atoms with E-state index in [2.05, 4.69) is 6.07 Å². The van der Waals surface area contributed by atoms with Crippen molar-refractivity contribution >= 4 is 11.6 Å². The lowest BCUT2D eigenvalue weighted by molar-refractivity contribution is 0.631. The molecule has 0 amide bonds.